The number of nitrogens with zero attached hydrogens (tertiary/aromatic N) is 3. The summed E-state index contributed by atoms with van der Waals surface area (Å²) in [5, 5.41) is 13.3. The molecule has 5 heteroatoms. The van der Waals surface area contributed by atoms with Crippen molar-refractivity contribution in [2.45, 2.75) is 39.3 Å². The Hall–Kier alpha value is -0.910. The van der Waals surface area contributed by atoms with Crippen LogP contribution in [0.5, 0.6) is 0 Å². The largest absolute Gasteiger partial charge is 0.392 e. The summed E-state index contributed by atoms with van der Waals surface area (Å²) >= 11 is 0. The van der Waals surface area contributed by atoms with Gasteiger partial charge in [0.25, 0.3) is 0 Å². The van der Waals surface area contributed by atoms with Crippen molar-refractivity contribution in [3.05, 3.63) is 17.5 Å². The molecular formula is C15H27N3O2. The first-order chi connectivity index (χ1) is 9.52. The Kier molecular flexibility index (Phi) is 5.57. The fourth-order valence-corrected chi connectivity index (χ4v) is 2.99. The first kappa shape index (κ1) is 15.5. The second kappa shape index (κ2) is 7.20. The minimum Gasteiger partial charge on any atom is -0.392 e. The van der Waals surface area contributed by atoms with Crippen LogP contribution < -0.4 is 0 Å². The lowest BCUT2D eigenvalue weighted by molar-refractivity contribution is 0.0910. The van der Waals surface area contributed by atoms with E-state index < -0.39 is 0 Å². The summed E-state index contributed by atoms with van der Waals surface area (Å²) in [5.74, 6) is 1.69. The molecule has 2 heterocycles. The SMILES string of the molecule is Cc1cc(CN(C)CC2CCN(C[C@@H](C)O)CC2)on1. The normalized spacial score (nSPS) is 19.6. The number of aliphatic hydroxyl groups excluding tert-OH is 1. The molecule has 0 aliphatic carbocycles. The fraction of sp³-hybridized carbons (Fsp3) is 0.800. The molecule has 0 saturated carbocycles. The number of aromatic nitrogens is 1. The third kappa shape index (κ3) is 4.89. The van der Waals surface area contributed by atoms with E-state index in [4.69, 9.17) is 4.52 Å². The molecule has 20 heavy (non-hydrogen) atoms. The number of aliphatic hydroxyl groups is 1. The van der Waals surface area contributed by atoms with E-state index in [2.05, 4.69) is 22.0 Å². The second-order valence-electron chi connectivity index (χ2n) is 6.22. The van der Waals surface area contributed by atoms with Crippen LogP contribution in [-0.4, -0.2) is 59.4 Å². The molecule has 1 aliphatic heterocycles. The highest BCUT2D eigenvalue weighted by Gasteiger charge is 2.21. The van der Waals surface area contributed by atoms with Crippen molar-refractivity contribution >= 4 is 0 Å². The maximum Gasteiger partial charge on any atom is 0.150 e. The van der Waals surface area contributed by atoms with E-state index in [9.17, 15) is 5.11 Å². The van der Waals surface area contributed by atoms with Crippen LogP contribution in [0.15, 0.2) is 10.6 Å². The molecule has 0 aromatic carbocycles. The molecule has 1 aliphatic rings. The predicted molar refractivity (Wildman–Crippen MR) is 78.4 cm³/mol. The number of β-amino-alcohol motifs (C(OH)–C–C–N with tert-alkyl or cyclic N) is 1. The summed E-state index contributed by atoms with van der Waals surface area (Å²) in [5.41, 5.74) is 0.944. The van der Waals surface area contributed by atoms with Crippen LogP contribution in [0, 0.1) is 12.8 Å². The zero-order valence-electron chi connectivity index (χ0n) is 12.9. The molecular weight excluding hydrogens is 254 g/mol. The van der Waals surface area contributed by atoms with Crippen molar-refractivity contribution in [3.63, 3.8) is 0 Å². The van der Waals surface area contributed by atoms with Gasteiger partial charge in [0, 0.05) is 19.2 Å². The highest BCUT2D eigenvalue weighted by Crippen LogP contribution is 2.19. The van der Waals surface area contributed by atoms with Crippen LogP contribution in [0.2, 0.25) is 0 Å². The van der Waals surface area contributed by atoms with Crippen LogP contribution in [0.1, 0.15) is 31.2 Å². The van der Waals surface area contributed by atoms with Crippen LogP contribution in [-0.2, 0) is 6.54 Å². The Morgan fingerprint density at radius 1 is 1.50 bits per heavy atom. The van der Waals surface area contributed by atoms with Gasteiger partial charge in [-0.05, 0) is 52.7 Å². The highest BCUT2D eigenvalue weighted by atomic mass is 16.5. The Labute approximate surface area is 121 Å². The van der Waals surface area contributed by atoms with Crippen LogP contribution >= 0.6 is 0 Å². The maximum atomic E-state index is 9.42. The number of piperidine rings is 1. The molecule has 114 valence electrons. The number of hydrogen-bond acceptors (Lipinski definition) is 5. The van der Waals surface area contributed by atoms with Crippen LogP contribution in [0.4, 0.5) is 0 Å². The fourth-order valence-electron chi connectivity index (χ4n) is 2.99. The monoisotopic (exact) mass is 281 g/mol. The highest BCUT2D eigenvalue weighted by molar-refractivity contribution is 5.02. The molecule has 0 radical (unpaired) electrons. The van der Waals surface area contributed by atoms with E-state index in [1.807, 2.05) is 19.9 Å². The zero-order chi connectivity index (χ0) is 14.5. The van der Waals surface area contributed by atoms with Crippen molar-refractivity contribution in [1.29, 1.82) is 0 Å². The molecule has 5 nitrogen and oxygen atoms in total. The molecule has 1 fully saturated rings. The summed E-state index contributed by atoms with van der Waals surface area (Å²) in [7, 11) is 2.14. The van der Waals surface area contributed by atoms with E-state index in [-0.39, 0.29) is 6.10 Å². The van der Waals surface area contributed by atoms with Gasteiger partial charge in [0.2, 0.25) is 0 Å². The van der Waals surface area contributed by atoms with Crippen molar-refractivity contribution < 1.29 is 9.63 Å². The van der Waals surface area contributed by atoms with Crippen molar-refractivity contribution in [1.82, 2.24) is 15.0 Å². The molecule has 0 amide bonds. The van der Waals surface area contributed by atoms with Gasteiger partial charge in [0.05, 0.1) is 18.3 Å². The predicted octanol–water partition coefficient (Wildman–Crippen LogP) is 1.51. The smallest absolute Gasteiger partial charge is 0.150 e. The number of rotatable bonds is 6. The lowest BCUT2D eigenvalue weighted by Gasteiger charge is -2.34. The van der Waals surface area contributed by atoms with Gasteiger partial charge in [-0.1, -0.05) is 5.16 Å². The Bertz CT molecular complexity index is 398. The van der Waals surface area contributed by atoms with Gasteiger partial charge in [-0.25, -0.2) is 0 Å². The van der Waals surface area contributed by atoms with Crippen LogP contribution in [0.3, 0.4) is 0 Å². The quantitative estimate of drug-likeness (QED) is 0.856. The van der Waals surface area contributed by atoms with Crippen LogP contribution in [0.25, 0.3) is 0 Å². The average molecular weight is 281 g/mol. The Balaban J connectivity index is 1.69. The molecule has 0 unspecified atom stereocenters. The number of aryl methyl sites for hydroxylation is 1. The zero-order valence-corrected chi connectivity index (χ0v) is 12.9. The van der Waals surface area contributed by atoms with Gasteiger partial charge in [0.1, 0.15) is 0 Å². The third-order valence-electron chi connectivity index (χ3n) is 3.90. The first-order valence-corrected chi connectivity index (χ1v) is 7.54. The topological polar surface area (TPSA) is 52.7 Å². The number of hydrogen-bond donors (Lipinski definition) is 1. The molecule has 1 atom stereocenters. The lowest BCUT2D eigenvalue weighted by Crippen LogP contribution is -2.40. The minimum absolute atomic E-state index is 0.219. The van der Waals surface area contributed by atoms with Crippen molar-refractivity contribution in [2.75, 3.05) is 33.2 Å². The van der Waals surface area contributed by atoms with E-state index in [0.717, 1.165) is 50.1 Å². The molecule has 0 spiro atoms. The van der Waals surface area contributed by atoms with E-state index in [0.29, 0.717) is 0 Å². The van der Waals surface area contributed by atoms with Gasteiger partial charge >= 0.3 is 0 Å². The third-order valence-corrected chi connectivity index (χ3v) is 3.90. The molecule has 2 rings (SSSR count). The van der Waals surface area contributed by atoms with Gasteiger partial charge in [0.15, 0.2) is 5.76 Å². The molecule has 1 aromatic rings. The standard InChI is InChI=1S/C15H27N3O2/c1-12-8-15(20-16-12)11-17(3)10-14-4-6-18(7-5-14)9-13(2)19/h8,13-14,19H,4-7,9-11H2,1-3H3/t13-/m1/s1. The molecule has 1 N–H and O–H groups in total. The summed E-state index contributed by atoms with van der Waals surface area (Å²) < 4.78 is 5.26. The molecule has 1 aromatic heterocycles. The summed E-state index contributed by atoms with van der Waals surface area (Å²) in [6, 6.07) is 2.00. The van der Waals surface area contributed by atoms with Gasteiger partial charge in [-0.15, -0.1) is 0 Å². The summed E-state index contributed by atoms with van der Waals surface area (Å²) in [6.45, 7) is 8.75. The van der Waals surface area contributed by atoms with Gasteiger partial charge < -0.3 is 14.5 Å². The van der Waals surface area contributed by atoms with E-state index >= 15 is 0 Å². The lowest BCUT2D eigenvalue weighted by atomic mass is 9.96. The van der Waals surface area contributed by atoms with Gasteiger partial charge in [-0.3, -0.25) is 4.90 Å². The van der Waals surface area contributed by atoms with E-state index in [1.54, 1.807) is 0 Å². The van der Waals surface area contributed by atoms with E-state index in [1.165, 1.54) is 12.8 Å². The maximum absolute atomic E-state index is 9.42. The number of likely N-dealkylation sites (tertiary alicyclic amines) is 1. The Morgan fingerprint density at radius 2 is 2.20 bits per heavy atom. The first-order valence-electron chi connectivity index (χ1n) is 7.54. The van der Waals surface area contributed by atoms with Gasteiger partial charge in [-0.2, -0.15) is 0 Å². The summed E-state index contributed by atoms with van der Waals surface area (Å²) in [6.07, 6.45) is 2.21. The minimum atomic E-state index is -0.219. The average Bonchev–Trinajstić information content (AvgIpc) is 2.76. The summed E-state index contributed by atoms with van der Waals surface area (Å²) in [4.78, 5) is 4.68. The second-order valence-corrected chi connectivity index (χ2v) is 6.22. The van der Waals surface area contributed by atoms with Crippen molar-refractivity contribution in [3.8, 4) is 0 Å². The van der Waals surface area contributed by atoms with Crippen molar-refractivity contribution in [2.24, 2.45) is 5.92 Å². The molecule has 0 bridgehead atoms. The molecule has 1 saturated heterocycles. The Morgan fingerprint density at radius 3 is 2.75 bits per heavy atom.